The molecule has 1 aliphatic heterocycles. The Morgan fingerprint density at radius 2 is 2.19 bits per heavy atom. The lowest BCUT2D eigenvalue weighted by Gasteiger charge is -2.31. The number of nitrogens with zero attached hydrogens (tertiary/aromatic N) is 4. The largest absolute Gasteiger partial charge is 0.411 e. The molecule has 1 N–H and O–H groups in total. The number of anilines is 2. The third kappa shape index (κ3) is 3.37. The smallest absolute Gasteiger partial charge is 0.323 e. The van der Waals surface area contributed by atoms with E-state index in [1.165, 1.54) is 30.5 Å². The summed E-state index contributed by atoms with van der Waals surface area (Å²) >= 11 is 0. The van der Waals surface area contributed by atoms with Gasteiger partial charge in [-0.25, -0.2) is 0 Å². The SMILES string of the molecule is N#Cc1ccc2c(c1)N(C(=O)CC(n1cccn1)C(F)(F)F)CC(=O)N2. The van der Waals surface area contributed by atoms with Crippen molar-refractivity contribution in [1.82, 2.24) is 9.78 Å². The number of amides is 2. The van der Waals surface area contributed by atoms with E-state index in [1.54, 1.807) is 0 Å². The second-order valence-electron chi connectivity index (χ2n) is 5.62. The fraction of sp³-hybridized carbons (Fsp3) is 0.250. The van der Waals surface area contributed by atoms with Crippen molar-refractivity contribution < 1.29 is 22.8 Å². The van der Waals surface area contributed by atoms with Crippen LogP contribution in [0.2, 0.25) is 0 Å². The molecule has 3 rings (SSSR count). The number of aromatic nitrogens is 2. The molecule has 7 nitrogen and oxygen atoms in total. The van der Waals surface area contributed by atoms with E-state index >= 15 is 0 Å². The minimum Gasteiger partial charge on any atom is -0.323 e. The van der Waals surface area contributed by atoms with E-state index in [-0.39, 0.29) is 16.9 Å². The molecule has 0 saturated carbocycles. The van der Waals surface area contributed by atoms with Crippen molar-refractivity contribution in [3.63, 3.8) is 0 Å². The lowest BCUT2D eigenvalue weighted by atomic mass is 10.1. The number of fused-ring (bicyclic) bond motifs is 1. The fourth-order valence-electron chi connectivity index (χ4n) is 2.67. The molecule has 2 amide bonds. The summed E-state index contributed by atoms with van der Waals surface area (Å²) in [5.74, 6) is -1.42. The van der Waals surface area contributed by atoms with Crippen molar-refractivity contribution in [1.29, 1.82) is 5.26 Å². The molecule has 0 fully saturated rings. The molecule has 0 radical (unpaired) electrons. The van der Waals surface area contributed by atoms with Crippen LogP contribution < -0.4 is 10.2 Å². The van der Waals surface area contributed by atoms with Crippen molar-refractivity contribution in [2.24, 2.45) is 0 Å². The Labute approximate surface area is 145 Å². The van der Waals surface area contributed by atoms with E-state index < -0.39 is 37.0 Å². The zero-order chi connectivity index (χ0) is 18.9. The average Bonchev–Trinajstić information content (AvgIpc) is 3.11. The molecule has 0 bridgehead atoms. The van der Waals surface area contributed by atoms with Crippen LogP contribution in [0.1, 0.15) is 18.0 Å². The second-order valence-corrected chi connectivity index (χ2v) is 5.62. The van der Waals surface area contributed by atoms with Crippen LogP contribution in [0.25, 0.3) is 0 Å². The van der Waals surface area contributed by atoms with Crippen molar-refractivity contribution in [3.05, 3.63) is 42.2 Å². The summed E-state index contributed by atoms with van der Waals surface area (Å²) in [5, 5.41) is 15.1. The van der Waals surface area contributed by atoms with Gasteiger partial charge in [-0.15, -0.1) is 0 Å². The predicted molar refractivity (Wildman–Crippen MR) is 84.1 cm³/mol. The number of hydrogen-bond donors (Lipinski definition) is 1. The lowest BCUT2D eigenvalue weighted by Crippen LogP contribution is -2.44. The van der Waals surface area contributed by atoms with Crippen LogP contribution in [0.15, 0.2) is 36.7 Å². The molecule has 1 aliphatic rings. The first-order valence-electron chi connectivity index (χ1n) is 7.50. The molecule has 134 valence electrons. The van der Waals surface area contributed by atoms with Crippen molar-refractivity contribution in [2.75, 3.05) is 16.8 Å². The number of alkyl halides is 3. The van der Waals surface area contributed by atoms with Gasteiger partial charge < -0.3 is 10.2 Å². The second kappa shape index (κ2) is 6.51. The summed E-state index contributed by atoms with van der Waals surface area (Å²) in [5.41, 5.74) is 0.670. The number of halogens is 3. The van der Waals surface area contributed by atoms with Gasteiger partial charge in [0, 0.05) is 12.4 Å². The molecular formula is C16H12F3N5O2. The van der Waals surface area contributed by atoms with Crippen LogP contribution in [-0.2, 0) is 9.59 Å². The topological polar surface area (TPSA) is 91.0 Å². The molecule has 10 heteroatoms. The number of hydrogen-bond acceptors (Lipinski definition) is 4. The van der Waals surface area contributed by atoms with Gasteiger partial charge in [-0.3, -0.25) is 14.3 Å². The highest BCUT2D eigenvalue weighted by Gasteiger charge is 2.44. The predicted octanol–water partition coefficient (Wildman–Crippen LogP) is 2.23. The summed E-state index contributed by atoms with van der Waals surface area (Å²) < 4.78 is 40.7. The maximum Gasteiger partial charge on any atom is 0.411 e. The van der Waals surface area contributed by atoms with Crippen molar-refractivity contribution in [2.45, 2.75) is 18.6 Å². The molecule has 0 saturated heterocycles. The van der Waals surface area contributed by atoms with E-state index in [2.05, 4.69) is 10.4 Å². The van der Waals surface area contributed by atoms with E-state index in [9.17, 15) is 22.8 Å². The van der Waals surface area contributed by atoms with E-state index in [4.69, 9.17) is 5.26 Å². The fourth-order valence-corrected chi connectivity index (χ4v) is 2.67. The van der Waals surface area contributed by atoms with Gasteiger partial charge in [0.05, 0.1) is 29.4 Å². The lowest BCUT2D eigenvalue weighted by molar-refractivity contribution is -0.174. The Bertz CT molecular complexity index is 886. The standard InChI is InChI=1S/C16H12F3N5O2/c17-16(18,19)13(24-5-1-4-21-24)7-15(26)23-9-14(25)22-11-3-2-10(8-20)6-12(11)23/h1-6,13H,7,9H2,(H,22,25). The summed E-state index contributed by atoms with van der Waals surface area (Å²) in [6, 6.07) is 5.28. The van der Waals surface area contributed by atoms with Gasteiger partial charge in [0.25, 0.3) is 0 Å². The molecule has 0 spiro atoms. The summed E-state index contributed by atoms with van der Waals surface area (Å²) in [6.45, 7) is -0.426. The molecule has 2 heterocycles. The summed E-state index contributed by atoms with van der Waals surface area (Å²) in [4.78, 5) is 25.3. The summed E-state index contributed by atoms with van der Waals surface area (Å²) in [6.07, 6.45) is -3.31. The third-order valence-corrected chi connectivity index (χ3v) is 3.88. The number of rotatable bonds is 3. The number of nitriles is 1. The van der Waals surface area contributed by atoms with Crippen molar-refractivity contribution in [3.8, 4) is 6.07 Å². The van der Waals surface area contributed by atoms with E-state index in [1.807, 2.05) is 6.07 Å². The average molecular weight is 363 g/mol. The highest BCUT2D eigenvalue weighted by molar-refractivity contribution is 6.10. The maximum absolute atomic E-state index is 13.3. The van der Waals surface area contributed by atoms with Gasteiger partial charge in [0.15, 0.2) is 6.04 Å². The monoisotopic (exact) mass is 363 g/mol. The molecule has 1 aromatic heterocycles. The van der Waals surface area contributed by atoms with Gasteiger partial charge in [0.1, 0.15) is 6.54 Å². The molecule has 26 heavy (non-hydrogen) atoms. The van der Waals surface area contributed by atoms with Crippen LogP contribution in [0, 0.1) is 11.3 Å². The van der Waals surface area contributed by atoms with Gasteiger partial charge >= 0.3 is 6.18 Å². The van der Waals surface area contributed by atoms with Crippen molar-refractivity contribution >= 4 is 23.2 Å². The highest BCUT2D eigenvalue weighted by Crippen LogP contribution is 2.36. The number of benzene rings is 1. The van der Waals surface area contributed by atoms with Gasteiger partial charge in [-0.1, -0.05) is 0 Å². The number of nitrogens with one attached hydrogen (secondary N) is 1. The Morgan fingerprint density at radius 3 is 2.81 bits per heavy atom. The summed E-state index contributed by atoms with van der Waals surface area (Å²) in [7, 11) is 0. The van der Waals surface area contributed by atoms with Crippen LogP contribution in [0.4, 0.5) is 24.5 Å². The van der Waals surface area contributed by atoms with Crippen LogP contribution in [-0.4, -0.2) is 34.3 Å². The molecule has 1 unspecified atom stereocenters. The maximum atomic E-state index is 13.3. The molecule has 0 aliphatic carbocycles. The van der Waals surface area contributed by atoms with Crippen LogP contribution in [0.5, 0.6) is 0 Å². The first-order valence-corrected chi connectivity index (χ1v) is 7.50. The van der Waals surface area contributed by atoms with Gasteiger partial charge in [-0.2, -0.15) is 23.5 Å². The van der Waals surface area contributed by atoms with E-state index in [0.29, 0.717) is 4.68 Å². The Hall–Kier alpha value is -3.35. The van der Waals surface area contributed by atoms with E-state index in [0.717, 1.165) is 11.1 Å². The normalized spacial score (nSPS) is 15.0. The molecular weight excluding hydrogens is 351 g/mol. The first-order chi connectivity index (χ1) is 12.3. The quantitative estimate of drug-likeness (QED) is 0.905. The third-order valence-electron chi connectivity index (χ3n) is 3.88. The Kier molecular flexibility index (Phi) is 4.38. The van der Waals surface area contributed by atoms with Gasteiger partial charge in [0.2, 0.25) is 11.8 Å². The number of carbonyl (C=O) groups excluding carboxylic acids is 2. The zero-order valence-electron chi connectivity index (χ0n) is 13.2. The minimum atomic E-state index is -4.70. The molecule has 2 aromatic rings. The zero-order valence-corrected chi connectivity index (χ0v) is 13.2. The van der Waals surface area contributed by atoms with Gasteiger partial charge in [-0.05, 0) is 24.3 Å². The Morgan fingerprint density at radius 1 is 1.42 bits per heavy atom. The van der Waals surface area contributed by atoms with Crippen LogP contribution >= 0.6 is 0 Å². The first kappa shape index (κ1) is 17.5. The molecule has 1 aromatic carbocycles. The molecule has 1 atom stereocenters. The Balaban J connectivity index is 1.92. The number of carbonyl (C=O) groups is 2. The van der Waals surface area contributed by atoms with Crippen LogP contribution in [0.3, 0.4) is 0 Å². The minimum absolute atomic E-state index is 0.190. The highest BCUT2D eigenvalue weighted by atomic mass is 19.4.